The average molecular weight is 323 g/mol. The molecule has 0 aliphatic rings. The second-order valence-corrected chi connectivity index (χ2v) is 5.95. The number of anilines is 2. The molecule has 8 heteroatoms. The van der Waals surface area contributed by atoms with Crippen LogP contribution in [-0.2, 0) is 6.54 Å². The molecule has 0 amide bonds. The van der Waals surface area contributed by atoms with Gasteiger partial charge in [-0.05, 0) is 17.7 Å². The molecule has 7 nitrogen and oxygen atoms in total. The van der Waals surface area contributed by atoms with E-state index in [1.807, 2.05) is 29.6 Å². The fourth-order valence-electron chi connectivity index (χ4n) is 2.46. The zero-order chi connectivity index (χ0) is 15.8. The summed E-state index contributed by atoms with van der Waals surface area (Å²) < 4.78 is 1.79. The van der Waals surface area contributed by atoms with Crippen molar-refractivity contribution in [2.24, 2.45) is 0 Å². The fourth-order valence-corrected chi connectivity index (χ4v) is 3.10. The van der Waals surface area contributed by atoms with Gasteiger partial charge in [-0.25, -0.2) is 14.6 Å². The number of rotatable bonds is 3. The van der Waals surface area contributed by atoms with Crippen LogP contribution in [0, 0.1) is 0 Å². The van der Waals surface area contributed by atoms with Crippen molar-refractivity contribution < 1.29 is 0 Å². The van der Waals surface area contributed by atoms with Gasteiger partial charge in [-0.2, -0.15) is 10.1 Å². The monoisotopic (exact) mass is 323 g/mol. The molecule has 4 aromatic rings. The Hall–Kier alpha value is -3.00. The van der Waals surface area contributed by atoms with E-state index in [0.29, 0.717) is 17.9 Å². The average Bonchev–Trinajstić information content (AvgIpc) is 3.17. The summed E-state index contributed by atoms with van der Waals surface area (Å²) in [5.41, 5.74) is 14.9. The molecule has 0 unspecified atom stereocenters. The first-order valence-electron chi connectivity index (χ1n) is 6.94. The minimum atomic E-state index is 0.206. The Morgan fingerprint density at radius 1 is 1.17 bits per heavy atom. The Labute approximate surface area is 135 Å². The molecule has 0 aliphatic carbocycles. The molecular formula is C15H13N7S. The lowest BCUT2D eigenvalue weighted by molar-refractivity contribution is 0.704. The molecule has 0 spiro atoms. The van der Waals surface area contributed by atoms with Crippen molar-refractivity contribution in [2.75, 3.05) is 11.5 Å². The maximum atomic E-state index is 5.87. The molecule has 4 N–H and O–H groups in total. The Kier molecular flexibility index (Phi) is 3.16. The largest absolute Gasteiger partial charge is 0.399 e. The molecule has 0 aliphatic heterocycles. The van der Waals surface area contributed by atoms with Gasteiger partial charge in [0.05, 0.1) is 18.1 Å². The Morgan fingerprint density at radius 3 is 2.87 bits per heavy atom. The summed E-state index contributed by atoms with van der Waals surface area (Å²) in [4.78, 5) is 13.0. The van der Waals surface area contributed by atoms with Crippen molar-refractivity contribution in [1.82, 2.24) is 24.7 Å². The predicted octanol–water partition coefficient (Wildman–Crippen LogP) is 2.16. The SMILES string of the molecule is Nc1cccc(Cn2ncc3c(-c4nccs4)nc(N)nc32)c1. The summed E-state index contributed by atoms with van der Waals surface area (Å²) in [6.07, 6.45) is 3.49. The lowest BCUT2D eigenvalue weighted by atomic mass is 10.2. The highest BCUT2D eigenvalue weighted by Gasteiger charge is 2.15. The number of nitrogens with two attached hydrogens (primary N) is 2. The summed E-state index contributed by atoms with van der Waals surface area (Å²) in [6, 6.07) is 7.68. The van der Waals surface area contributed by atoms with Crippen LogP contribution >= 0.6 is 11.3 Å². The second-order valence-electron chi connectivity index (χ2n) is 5.05. The number of benzene rings is 1. The van der Waals surface area contributed by atoms with Crippen LogP contribution in [-0.4, -0.2) is 24.7 Å². The molecule has 23 heavy (non-hydrogen) atoms. The van der Waals surface area contributed by atoms with Gasteiger partial charge in [-0.1, -0.05) is 12.1 Å². The molecule has 0 bridgehead atoms. The van der Waals surface area contributed by atoms with Crippen molar-refractivity contribution >= 4 is 34.0 Å². The van der Waals surface area contributed by atoms with Crippen molar-refractivity contribution in [3.63, 3.8) is 0 Å². The Bertz CT molecular complexity index is 975. The molecule has 0 fully saturated rings. The molecule has 1 aromatic carbocycles. The number of nitrogens with zero attached hydrogens (tertiary/aromatic N) is 5. The van der Waals surface area contributed by atoms with Crippen LogP contribution in [0.15, 0.2) is 42.0 Å². The topological polar surface area (TPSA) is 109 Å². The molecule has 114 valence electrons. The minimum Gasteiger partial charge on any atom is -0.399 e. The van der Waals surface area contributed by atoms with E-state index in [2.05, 4.69) is 20.1 Å². The molecule has 3 heterocycles. The lowest BCUT2D eigenvalue weighted by Gasteiger charge is -2.05. The second kappa shape index (κ2) is 5.33. The molecule has 4 rings (SSSR count). The van der Waals surface area contributed by atoms with E-state index in [0.717, 1.165) is 21.6 Å². The maximum absolute atomic E-state index is 5.87. The van der Waals surface area contributed by atoms with Crippen molar-refractivity contribution in [2.45, 2.75) is 6.54 Å². The summed E-state index contributed by atoms with van der Waals surface area (Å²) in [5.74, 6) is 0.206. The Morgan fingerprint density at radius 2 is 2.09 bits per heavy atom. The highest BCUT2D eigenvalue weighted by atomic mass is 32.1. The normalized spacial score (nSPS) is 11.1. The van der Waals surface area contributed by atoms with Crippen molar-refractivity contribution in [1.29, 1.82) is 0 Å². The standard InChI is InChI=1S/C15H13N7S/c16-10-3-1-2-9(6-10)8-22-13-11(7-19-22)12(20-15(17)21-13)14-18-4-5-23-14/h1-7H,8,16H2,(H2,17,20,21). The van der Waals surface area contributed by atoms with E-state index in [9.17, 15) is 0 Å². The van der Waals surface area contributed by atoms with E-state index < -0.39 is 0 Å². The Balaban J connectivity index is 1.83. The van der Waals surface area contributed by atoms with Crippen LogP contribution in [0.2, 0.25) is 0 Å². The molecular weight excluding hydrogens is 310 g/mol. The first-order valence-corrected chi connectivity index (χ1v) is 7.82. The lowest BCUT2D eigenvalue weighted by Crippen LogP contribution is -2.05. The fraction of sp³-hybridized carbons (Fsp3) is 0.0667. The number of aromatic nitrogens is 5. The molecule has 0 radical (unpaired) electrons. The third-order valence-electron chi connectivity index (χ3n) is 3.43. The minimum absolute atomic E-state index is 0.206. The van der Waals surface area contributed by atoms with E-state index >= 15 is 0 Å². The first-order chi connectivity index (χ1) is 11.2. The van der Waals surface area contributed by atoms with Gasteiger partial charge < -0.3 is 11.5 Å². The first kappa shape index (κ1) is 13.6. The van der Waals surface area contributed by atoms with E-state index in [1.54, 1.807) is 17.1 Å². The van der Waals surface area contributed by atoms with Crippen LogP contribution in [0.4, 0.5) is 11.6 Å². The third-order valence-corrected chi connectivity index (χ3v) is 4.21. The summed E-state index contributed by atoms with van der Waals surface area (Å²) in [7, 11) is 0. The highest BCUT2D eigenvalue weighted by Crippen LogP contribution is 2.28. The van der Waals surface area contributed by atoms with Gasteiger partial charge in [0.1, 0.15) is 10.7 Å². The van der Waals surface area contributed by atoms with Crippen LogP contribution in [0.5, 0.6) is 0 Å². The quantitative estimate of drug-likeness (QED) is 0.559. The zero-order valence-corrected chi connectivity index (χ0v) is 12.9. The summed E-state index contributed by atoms with van der Waals surface area (Å²) >= 11 is 1.50. The number of fused-ring (bicyclic) bond motifs is 1. The van der Waals surface area contributed by atoms with E-state index in [-0.39, 0.29) is 5.95 Å². The van der Waals surface area contributed by atoms with Crippen LogP contribution < -0.4 is 11.5 Å². The van der Waals surface area contributed by atoms with E-state index in [1.165, 1.54) is 11.3 Å². The van der Waals surface area contributed by atoms with E-state index in [4.69, 9.17) is 11.5 Å². The van der Waals surface area contributed by atoms with Gasteiger partial charge in [0.25, 0.3) is 0 Å². The zero-order valence-electron chi connectivity index (χ0n) is 12.0. The number of hydrogen-bond donors (Lipinski definition) is 2. The number of nitrogen functional groups attached to an aromatic ring is 2. The molecule has 0 saturated carbocycles. The number of hydrogen-bond acceptors (Lipinski definition) is 7. The van der Waals surface area contributed by atoms with Gasteiger partial charge in [-0.3, -0.25) is 0 Å². The molecule has 0 saturated heterocycles. The van der Waals surface area contributed by atoms with Gasteiger partial charge in [0.2, 0.25) is 5.95 Å². The van der Waals surface area contributed by atoms with Gasteiger partial charge >= 0.3 is 0 Å². The summed E-state index contributed by atoms with van der Waals surface area (Å²) in [5, 5.41) is 7.96. The smallest absolute Gasteiger partial charge is 0.222 e. The van der Waals surface area contributed by atoms with Gasteiger partial charge in [0, 0.05) is 17.3 Å². The molecule has 0 atom stereocenters. The predicted molar refractivity (Wildman–Crippen MR) is 90.8 cm³/mol. The molecule has 3 aromatic heterocycles. The van der Waals surface area contributed by atoms with Crippen LogP contribution in [0.3, 0.4) is 0 Å². The third kappa shape index (κ3) is 2.49. The maximum Gasteiger partial charge on any atom is 0.222 e. The highest BCUT2D eigenvalue weighted by molar-refractivity contribution is 7.13. The van der Waals surface area contributed by atoms with Crippen LogP contribution in [0.25, 0.3) is 21.7 Å². The van der Waals surface area contributed by atoms with Crippen LogP contribution in [0.1, 0.15) is 5.56 Å². The van der Waals surface area contributed by atoms with Crippen molar-refractivity contribution in [3.8, 4) is 10.7 Å². The van der Waals surface area contributed by atoms with Gasteiger partial charge in [0.15, 0.2) is 5.65 Å². The van der Waals surface area contributed by atoms with Crippen molar-refractivity contribution in [3.05, 3.63) is 47.6 Å². The number of thiazole rings is 1. The van der Waals surface area contributed by atoms with Gasteiger partial charge in [-0.15, -0.1) is 11.3 Å². The summed E-state index contributed by atoms with van der Waals surface area (Å²) in [6.45, 7) is 0.558.